The van der Waals surface area contributed by atoms with Crippen LogP contribution in [0.3, 0.4) is 0 Å². The van der Waals surface area contributed by atoms with Crippen LogP contribution in [-0.4, -0.2) is 27.8 Å². The molecule has 19 heavy (non-hydrogen) atoms. The fourth-order valence-electron chi connectivity index (χ4n) is 3.93. The van der Waals surface area contributed by atoms with Gasteiger partial charge in [0.15, 0.2) is 0 Å². The van der Waals surface area contributed by atoms with Crippen LogP contribution in [0.1, 0.15) is 36.2 Å². The van der Waals surface area contributed by atoms with Gasteiger partial charge in [-0.05, 0) is 19.3 Å². The zero-order valence-corrected chi connectivity index (χ0v) is 12.0. The van der Waals surface area contributed by atoms with Crippen molar-refractivity contribution >= 4 is 30.8 Å². The third-order valence-corrected chi connectivity index (χ3v) is 4.79. The molecular formula is C12H17Cl2N3O2. The molecule has 106 valence electrons. The minimum absolute atomic E-state index is 0. The summed E-state index contributed by atoms with van der Waals surface area (Å²) in [6.07, 6.45) is 3.36. The SMILES string of the molecule is Cl.Cl.O=C(O)C12CC(c3n[nH]c4c3CNCC4)(C1)C2. The van der Waals surface area contributed by atoms with Crippen LogP contribution in [0.15, 0.2) is 0 Å². The first-order valence-corrected chi connectivity index (χ1v) is 6.16. The summed E-state index contributed by atoms with van der Waals surface area (Å²) in [7, 11) is 0. The molecule has 0 saturated heterocycles. The van der Waals surface area contributed by atoms with E-state index in [1.165, 1.54) is 11.3 Å². The van der Waals surface area contributed by atoms with Crippen LogP contribution in [0.2, 0.25) is 0 Å². The summed E-state index contributed by atoms with van der Waals surface area (Å²) in [6, 6.07) is 0. The molecule has 0 spiro atoms. The van der Waals surface area contributed by atoms with Crippen LogP contribution in [0.25, 0.3) is 0 Å². The Morgan fingerprint density at radius 1 is 1.26 bits per heavy atom. The third kappa shape index (κ3) is 1.65. The summed E-state index contributed by atoms with van der Waals surface area (Å²) >= 11 is 0. The lowest BCUT2D eigenvalue weighted by molar-refractivity contribution is -0.195. The summed E-state index contributed by atoms with van der Waals surface area (Å²) in [4.78, 5) is 11.1. The number of hydrogen-bond donors (Lipinski definition) is 3. The number of halogens is 2. The number of fused-ring (bicyclic) bond motifs is 1. The van der Waals surface area contributed by atoms with E-state index in [1.807, 2.05) is 0 Å². The molecule has 0 amide bonds. The molecule has 0 aromatic carbocycles. The van der Waals surface area contributed by atoms with Gasteiger partial charge in [-0.1, -0.05) is 0 Å². The predicted molar refractivity (Wildman–Crippen MR) is 74.1 cm³/mol. The number of nitrogens with one attached hydrogen (secondary N) is 2. The Kier molecular flexibility index (Phi) is 3.36. The molecule has 5 nitrogen and oxygen atoms in total. The zero-order chi connectivity index (χ0) is 11.7. The Balaban J connectivity index is 0.000000667. The first-order valence-electron chi connectivity index (χ1n) is 6.16. The molecule has 2 bridgehead atoms. The molecule has 3 N–H and O–H groups in total. The Morgan fingerprint density at radius 2 is 1.95 bits per heavy atom. The normalized spacial score (nSPS) is 33.9. The maximum absolute atomic E-state index is 11.1. The van der Waals surface area contributed by atoms with E-state index in [4.69, 9.17) is 5.11 Å². The van der Waals surface area contributed by atoms with Gasteiger partial charge in [-0.25, -0.2) is 0 Å². The van der Waals surface area contributed by atoms with Gasteiger partial charge in [0.05, 0.1) is 11.1 Å². The Morgan fingerprint density at radius 3 is 2.58 bits per heavy atom. The Bertz CT molecular complexity index is 509. The highest BCUT2D eigenvalue weighted by Crippen LogP contribution is 2.73. The quantitative estimate of drug-likeness (QED) is 0.772. The van der Waals surface area contributed by atoms with E-state index in [0.717, 1.165) is 44.5 Å². The van der Waals surface area contributed by atoms with Crippen LogP contribution >= 0.6 is 24.8 Å². The number of aromatic nitrogens is 2. The van der Waals surface area contributed by atoms with Crippen molar-refractivity contribution in [2.45, 2.75) is 37.6 Å². The van der Waals surface area contributed by atoms with Crippen molar-refractivity contribution in [2.24, 2.45) is 5.41 Å². The molecule has 0 atom stereocenters. The number of carboxylic acids is 1. The van der Waals surface area contributed by atoms with Crippen molar-refractivity contribution in [1.29, 1.82) is 0 Å². The minimum Gasteiger partial charge on any atom is -0.481 e. The Hall–Kier alpha value is -0.780. The summed E-state index contributed by atoms with van der Waals surface area (Å²) < 4.78 is 0. The van der Waals surface area contributed by atoms with Crippen molar-refractivity contribution in [3.8, 4) is 0 Å². The lowest BCUT2D eigenvalue weighted by Crippen LogP contribution is -2.68. The zero-order valence-electron chi connectivity index (χ0n) is 10.4. The van der Waals surface area contributed by atoms with Crippen LogP contribution in [0, 0.1) is 5.41 Å². The van der Waals surface area contributed by atoms with Gasteiger partial charge >= 0.3 is 5.97 Å². The van der Waals surface area contributed by atoms with Gasteiger partial charge in [0.1, 0.15) is 0 Å². The molecule has 1 aromatic rings. The molecule has 3 aliphatic carbocycles. The maximum Gasteiger partial charge on any atom is 0.309 e. The van der Waals surface area contributed by atoms with Gasteiger partial charge in [0.25, 0.3) is 0 Å². The largest absolute Gasteiger partial charge is 0.481 e. The topological polar surface area (TPSA) is 78.0 Å². The molecule has 0 unspecified atom stereocenters. The molecule has 3 saturated carbocycles. The highest BCUT2D eigenvalue weighted by molar-refractivity contribution is 5.85. The van der Waals surface area contributed by atoms with Gasteiger partial charge in [0, 0.05) is 36.2 Å². The third-order valence-electron chi connectivity index (χ3n) is 4.79. The number of aliphatic carboxylic acids is 1. The van der Waals surface area contributed by atoms with E-state index in [2.05, 4.69) is 15.5 Å². The van der Waals surface area contributed by atoms with Crippen LogP contribution in [0.5, 0.6) is 0 Å². The first kappa shape index (κ1) is 14.6. The second-order valence-corrected chi connectivity index (χ2v) is 5.85. The van der Waals surface area contributed by atoms with Crippen molar-refractivity contribution in [1.82, 2.24) is 15.5 Å². The van der Waals surface area contributed by atoms with E-state index in [1.54, 1.807) is 0 Å². The fourth-order valence-corrected chi connectivity index (χ4v) is 3.93. The monoisotopic (exact) mass is 305 g/mol. The van der Waals surface area contributed by atoms with Gasteiger partial charge in [-0.15, -0.1) is 24.8 Å². The predicted octanol–water partition coefficient (Wildman–Crippen LogP) is 1.41. The van der Waals surface area contributed by atoms with Crippen molar-refractivity contribution < 1.29 is 9.90 Å². The molecule has 0 radical (unpaired) electrons. The summed E-state index contributed by atoms with van der Waals surface area (Å²) in [6.45, 7) is 1.88. The van der Waals surface area contributed by atoms with Crippen LogP contribution < -0.4 is 5.32 Å². The standard InChI is InChI=1S/C12H15N3O2.2ClH/c16-10(17)12-4-11(5-12,6-12)9-7-3-13-2-1-8(7)14-15-9;;/h13H,1-6H2,(H,14,15)(H,16,17);2*1H. The minimum atomic E-state index is -0.623. The summed E-state index contributed by atoms with van der Waals surface area (Å²) in [5.74, 6) is -0.623. The average Bonchev–Trinajstić information content (AvgIpc) is 2.58. The molecule has 7 heteroatoms. The second kappa shape index (κ2) is 4.36. The molecule has 2 heterocycles. The van der Waals surface area contributed by atoms with Gasteiger partial charge in [-0.2, -0.15) is 5.10 Å². The highest BCUT2D eigenvalue weighted by atomic mass is 35.5. The van der Waals surface area contributed by atoms with E-state index < -0.39 is 11.4 Å². The lowest BCUT2D eigenvalue weighted by Gasteiger charge is -2.67. The smallest absolute Gasteiger partial charge is 0.309 e. The summed E-state index contributed by atoms with van der Waals surface area (Å²) in [5, 5.41) is 20.1. The lowest BCUT2D eigenvalue weighted by atomic mass is 9.34. The first-order chi connectivity index (χ1) is 8.15. The number of H-pyrrole nitrogens is 1. The van der Waals surface area contributed by atoms with E-state index >= 15 is 0 Å². The van der Waals surface area contributed by atoms with Gasteiger partial charge in [-0.3, -0.25) is 9.89 Å². The number of rotatable bonds is 2. The molecule has 1 aliphatic heterocycles. The number of carboxylic acid groups (broad SMARTS) is 1. The molecule has 3 fully saturated rings. The van der Waals surface area contributed by atoms with Gasteiger partial charge < -0.3 is 10.4 Å². The molecular weight excluding hydrogens is 289 g/mol. The molecule has 5 rings (SSSR count). The average molecular weight is 306 g/mol. The van der Waals surface area contributed by atoms with Gasteiger partial charge in [0.2, 0.25) is 0 Å². The van der Waals surface area contributed by atoms with Crippen molar-refractivity contribution in [3.05, 3.63) is 17.0 Å². The van der Waals surface area contributed by atoms with Crippen LogP contribution in [-0.2, 0) is 23.2 Å². The van der Waals surface area contributed by atoms with Crippen molar-refractivity contribution in [3.63, 3.8) is 0 Å². The van der Waals surface area contributed by atoms with Crippen LogP contribution in [0.4, 0.5) is 0 Å². The molecule has 1 aromatic heterocycles. The number of nitrogens with zero attached hydrogens (tertiary/aromatic N) is 1. The number of carbonyl (C=O) groups is 1. The number of hydrogen-bond acceptors (Lipinski definition) is 3. The second-order valence-electron chi connectivity index (χ2n) is 5.85. The highest BCUT2D eigenvalue weighted by Gasteiger charge is 2.73. The Labute approximate surface area is 123 Å². The number of aromatic amines is 1. The van der Waals surface area contributed by atoms with E-state index in [0.29, 0.717) is 0 Å². The van der Waals surface area contributed by atoms with Crippen molar-refractivity contribution in [2.75, 3.05) is 6.54 Å². The fraction of sp³-hybridized carbons (Fsp3) is 0.667. The summed E-state index contributed by atoms with van der Waals surface area (Å²) in [5.41, 5.74) is 3.36. The molecule has 4 aliphatic rings. The van der Waals surface area contributed by atoms with E-state index in [9.17, 15) is 4.79 Å². The van der Waals surface area contributed by atoms with E-state index in [-0.39, 0.29) is 30.2 Å². The maximum atomic E-state index is 11.1.